The molecule has 2 bridgehead atoms. The smallest absolute Gasteiger partial charge is 0.254 e. The van der Waals surface area contributed by atoms with E-state index in [9.17, 15) is 9.59 Å². The number of halogens is 1. The number of nitrogens with zero attached hydrogens (tertiary/aromatic N) is 2. The van der Waals surface area contributed by atoms with Gasteiger partial charge in [0, 0.05) is 25.3 Å². The van der Waals surface area contributed by atoms with Gasteiger partial charge in [-0.05, 0) is 37.5 Å². The molecule has 2 N–H and O–H groups in total. The first-order valence-corrected chi connectivity index (χ1v) is 9.12. The maximum Gasteiger partial charge on any atom is 0.254 e. The SMILES string of the molecule is CCCOCC(=O)N1C[C@H]2CC[C@@H](C1)N2C(=O)c1ccc(N)c(Cl)c1. The van der Waals surface area contributed by atoms with Crippen molar-refractivity contribution in [3.63, 3.8) is 0 Å². The molecule has 25 heavy (non-hydrogen) atoms. The summed E-state index contributed by atoms with van der Waals surface area (Å²) < 4.78 is 5.36. The molecule has 0 radical (unpaired) electrons. The Hall–Kier alpha value is -1.79. The second kappa shape index (κ2) is 7.62. The number of amides is 2. The summed E-state index contributed by atoms with van der Waals surface area (Å²) in [5.41, 5.74) is 6.73. The molecule has 0 saturated carbocycles. The summed E-state index contributed by atoms with van der Waals surface area (Å²) in [4.78, 5) is 28.9. The van der Waals surface area contributed by atoms with Crippen LogP contribution in [0.2, 0.25) is 5.02 Å². The predicted octanol–water partition coefficient (Wildman–Crippen LogP) is 2.16. The third-order valence-electron chi connectivity index (χ3n) is 4.89. The summed E-state index contributed by atoms with van der Waals surface area (Å²) in [6, 6.07) is 5.09. The van der Waals surface area contributed by atoms with E-state index in [0.717, 1.165) is 19.3 Å². The van der Waals surface area contributed by atoms with Gasteiger partial charge in [-0.25, -0.2) is 0 Å². The number of ether oxygens (including phenoxy) is 1. The third kappa shape index (κ3) is 3.75. The summed E-state index contributed by atoms with van der Waals surface area (Å²) in [7, 11) is 0. The van der Waals surface area contributed by atoms with E-state index in [-0.39, 0.29) is 30.5 Å². The van der Waals surface area contributed by atoms with E-state index in [1.165, 1.54) is 0 Å². The molecule has 136 valence electrons. The minimum absolute atomic E-state index is 0.00739. The number of rotatable bonds is 5. The Morgan fingerprint density at radius 2 is 1.96 bits per heavy atom. The van der Waals surface area contributed by atoms with E-state index in [2.05, 4.69) is 0 Å². The molecule has 0 spiro atoms. The molecule has 2 heterocycles. The van der Waals surface area contributed by atoms with Crippen molar-refractivity contribution in [2.75, 3.05) is 32.0 Å². The monoisotopic (exact) mass is 365 g/mol. The van der Waals surface area contributed by atoms with Crippen LogP contribution in [0.3, 0.4) is 0 Å². The Labute approximate surface area is 152 Å². The van der Waals surface area contributed by atoms with Gasteiger partial charge in [0.05, 0.1) is 22.8 Å². The van der Waals surface area contributed by atoms with Crippen LogP contribution in [-0.4, -0.2) is 60.0 Å². The molecule has 2 atom stereocenters. The van der Waals surface area contributed by atoms with Crippen LogP contribution in [0.15, 0.2) is 18.2 Å². The summed E-state index contributed by atoms with van der Waals surface area (Å²) >= 11 is 6.05. The van der Waals surface area contributed by atoms with Crippen LogP contribution in [0.5, 0.6) is 0 Å². The van der Waals surface area contributed by atoms with Crippen LogP contribution < -0.4 is 5.73 Å². The van der Waals surface area contributed by atoms with Crippen LogP contribution >= 0.6 is 11.6 Å². The molecule has 6 nitrogen and oxygen atoms in total. The van der Waals surface area contributed by atoms with Crippen molar-refractivity contribution in [1.29, 1.82) is 0 Å². The Kier molecular flexibility index (Phi) is 5.49. The molecule has 2 saturated heterocycles. The zero-order chi connectivity index (χ0) is 18.0. The molecule has 1 aromatic rings. The third-order valence-corrected chi connectivity index (χ3v) is 5.22. The van der Waals surface area contributed by atoms with Crippen LogP contribution in [-0.2, 0) is 9.53 Å². The van der Waals surface area contributed by atoms with E-state index < -0.39 is 0 Å². The maximum atomic E-state index is 12.9. The van der Waals surface area contributed by atoms with Crippen molar-refractivity contribution >= 4 is 29.1 Å². The van der Waals surface area contributed by atoms with Gasteiger partial charge in [-0.1, -0.05) is 18.5 Å². The number of nitrogen functional groups attached to an aromatic ring is 1. The van der Waals surface area contributed by atoms with Crippen LogP contribution in [0.1, 0.15) is 36.5 Å². The summed E-state index contributed by atoms with van der Waals surface area (Å²) in [5.74, 6) is -0.0308. The molecule has 1 aromatic carbocycles. The van der Waals surface area contributed by atoms with Gasteiger partial charge in [0.15, 0.2) is 0 Å². The fourth-order valence-electron chi connectivity index (χ4n) is 3.64. The largest absolute Gasteiger partial charge is 0.398 e. The van der Waals surface area contributed by atoms with Gasteiger partial charge >= 0.3 is 0 Å². The van der Waals surface area contributed by atoms with E-state index in [4.69, 9.17) is 22.1 Å². The summed E-state index contributed by atoms with van der Waals surface area (Å²) in [6.07, 6.45) is 2.72. The average molecular weight is 366 g/mol. The Morgan fingerprint density at radius 1 is 1.28 bits per heavy atom. The van der Waals surface area contributed by atoms with Gasteiger partial charge in [0.25, 0.3) is 5.91 Å². The first kappa shape index (κ1) is 18.0. The van der Waals surface area contributed by atoms with E-state index in [0.29, 0.717) is 36.0 Å². The Balaban J connectivity index is 1.67. The van der Waals surface area contributed by atoms with Gasteiger partial charge in [-0.3, -0.25) is 9.59 Å². The molecule has 2 aliphatic heterocycles. The van der Waals surface area contributed by atoms with Gasteiger partial charge in [-0.2, -0.15) is 0 Å². The van der Waals surface area contributed by atoms with Gasteiger partial charge < -0.3 is 20.3 Å². The molecule has 0 aliphatic carbocycles. The van der Waals surface area contributed by atoms with Crippen molar-refractivity contribution in [1.82, 2.24) is 9.80 Å². The minimum Gasteiger partial charge on any atom is -0.398 e. The normalized spacial score (nSPS) is 22.3. The zero-order valence-corrected chi connectivity index (χ0v) is 15.2. The lowest BCUT2D eigenvalue weighted by molar-refractivity contribution is -0.139. The van der Waals surface area contributed by atoms with Crippen molar-refractivity contribution < 1.29 is 14.3 Å². The topological polar surface area (TPSA) is 75.9 Å². The summed E-state index contributed by atoms with van der Waals surface area (Å²) in [5, 5.41) is 0.389. The second-order valence-electron chi connectivity index (χ2n) is 6.69. The molecule has 2 amide bonds. The number of fused-ring (bicyclic) bond motifs is 2. The van der Waals surface area contributed by atoms with Crippen LogP contribution in [0.4, 0.5) is 5.69 Å². The second-order valence-corrected chi connectivity index (χ2v) is 7.09. The zero-order valence-electron chi connectivity index (χ0n) is 14.4. The lowest BCUT2D eigenvalue weighted by Crippen LogP contribution is -2.57. The number of carbonyl (C=O) groups is 2. The number of piperazine rings is 1. The number of benzene rings is 1. The van der Waals surface area contributed by atoms with E-state index in [1.54, 1.807) is 18.2 Å². The number of nitrogens with two attached hydrogens (primary N) is 1. The molecule has 0 unspecified atom stereocenters. The maximum absolute atomic E-state index is 12.9. The molecule has 0 aromatic heterocycles. The van der Waals surface area contributed by atoms with Crippen LogP contribution in [0.25, 0.3) is 0 Å². The lowest BCUT2D eigenvalue weighted by atomic mass is 10.1. The minimum atomic E-state index is -0.0382. The first-order valence-electron chi connectivity index (χ1n) is 8.74. The van der Waals surface area contributed by atoms with Gasteiger partial charge in [0.1, 0.15) is 6.61 Å². The molecule has 7 heteroatoms. The lowest BCUT2D eigenvalue weighted by Gasteiger charge is -2.41. The van der Waals surface area contributed by atoms with E-state index in [1.807, 2.05) is 16.7 Å². The molecule has 2 fully saturated rings. The number of hydrogen-bond acceptors (Lipinski definition) is 4. The van der Waals surface area contributed by atoms with Crippen molar-refractivity contribution in [2.24, 2.45) is 0 Å². The first-order chi connectivity index (χ1) is 12.0. The van der Waals surface area contributed by atoms with Crippen molar-refractivity contribution in [3.8, 4) is 0 Å². The number of hydrogen-bond donors (Lipinski definition) is 1. The highest BCUT2D eigenvalue weighted by Crippen LogP contribution is 2.32. The standard InChI is InChI=1S/C18H24ClN3O3/c1-2-7-25-11-17(23)21-9-13-4-5-14(10-21)22(13)18(24)12-3-6-16(20)15(19)8-12/h3,6,8,13-14H,2,4-5,7,9-11,20H2,1H3/t13-,14+. The fourth-order valence-corrected chi connectivity index (χ4v) is 3.82. The number of carbonyl (C=O) groups excluding carboxylic acids is 2. The van der Waals surface area contributed by atoms with Gasteiger partial charge in [-0.15, -0.1) is 0 Å². The van der Waals surface area contributed by atoms with Crippen LogP contribution in [0, 0.1) is 0 Å². The molecular formula is C18H24ClN3O3. The fraction of sp³-hybridized carbons (Fsp3) is 0.556. The van der Waals surface area contributed by atoms with Crippen molar-refractivity contribution in [3.05, 3.63) is 28.8 Å². The highest BCUT2D eigenvalue weighted by Gasteiger charge is 2.43. The Bertz CT molecular complexity index is 653. The number of anilines is 1. The quantitative estimate of drug-likeness (QED) is 0.641. The predicted molar refractivity (Wildman–Crippen MR) is 96.5 cm³/mol. The van der Waals surface area contributed by atoms with Gasteiger partial charge in [0.2, 0.25) is 5.91 Å². The average Bonchev–Trinajstić information content (AvgIpc) is 2.86. The number of likely N-dealkylation sites (tertiary alicyclic amines) is 1. The van der Waals surface area contributed by atoms with Crippen molar-refractivity contribution in [2.45, 2.75) is 38.3 Å². The highest BCUT2D eigenvalue weighted by molar-refractivity contribution is 6.33. The summed E-state index contributed by atoms with van der Waals surface area (Å²) in [6.45, 7) is 3.86. The molecule has 3 rings (SSSR count). The Morgan fingerprint density at radius 3 is 2.56 bits per heavy atom. The molecular weight excluding hydrogens is 342 g/mol. The highest BCUT2D eigenvalue weighted by atomic mass is 35.5. The molecule has 2 aliphatic rings. The van der Waals surface area contributed by atoms with E-state index >= 15 is 0 Å².